The van der Waals surface area contributed by atoms with Gasteiger partial charge in [0.1, 0.15) is 0 Å². The van der Waals surface area contributed by atoms with Crippen LogP contribution in [-0.2, 0) is 0 Å². The summed E-state index contributed by atoms with van der Waals surface area (Å²) in [5, 5.41) is 10.8. The lowest BCUT2D eigenvalue weighted by atomic mass is 10.0. The average Bonchev–Trinajstić information content (AvgIpc) is 2.18. The Bertz CT molecular complexity index is 350. The molecule has 1 aromatic rings. The first kappa shape index (κ1) is 11.5. The van der Waals surface area contributed by atoms with Crippen LogP contribution in [0.25, 0.3) is 0 Å². The standard InChI is InChI=1S/C11H16N2O2/c1-4-11(13(14)15)9-6-5-7-10(8-9)12(2)3/h5-8,11H,4H2,1-3H3. The fraction of sp³-hybridized carbons (Fsp3) is 0.455. The third-order valence-corrected chi connectivity index (χ3v) is 2.41. The quantitative estimate of drug-likeness (QED) is 0.564. The van der Waals surface area contributed by atoms with Gasteiger partial charge >= 0.3 is 0 Å². The van der Waals surface area contributed by atoms with Gasteiger partial charge in [-0.1, -0.05) is 19.1 Å². The van der Waals surface area contributed by atoms with Gasteiger partial charge in [0.15, 0.2) is 0 Å². The van der Waals surface area contributed by atoms with Crippen molar-refractivity contribution >= 4 is 5.69 Å². The van der Waals surface area contributed by atoms with E-state index in [0.717, 1.165) is 11.3 Å². The zero-order chi connectivity index (χ0) is 11.4. The van der Waals surface area contributed by atoms with Crippen LogP contribution >= 0.6 is 0 Å². The first-order valence-corrected chi connectivity index (χ1v) is 4.97. The molecule has 1 atom stereocenters. The topological polar surface area (TPSA) is 46.4 Å². The summed E-state index contributed by atoms with van der Waals surface area (Å²) in [6.07, 6.45) is 0.518. The summed E-state index contributed by atoms with van der Waals surface area (Å²) in [6.45, 7) is 1.83. The molecule has 0 saturated heterocycles. The van der Waals surface area contributed by atoms with Gasteiger partial charge in [-0.2, -0.15) is 0 Å². The van der Waals surface area contributed by atoms with E-state index < -0.39 is 6.04 Å². The molecule has 0 spiro atoms. The van der Waals surface area contributed by atoms with E-state index in [-0.39, 0.29) is 4.92 Å². The molecule has 0 saturated carbocycles. The summed E-state index contributed by atoms with van der Waals surface area (Å²) in [7, 11) is 3.85. The molecule has 0 aliphatic heterocycles. The normalized spacial score (nSPS) is 12.2. The highest BCUT2D eigenvalue weighted by atomic mass is 16.6. The van der Waals surface area contributed by atoms with Gasteiger partial charge in [-0.05, 0) is 12.1 Å². The van der Waals surface area contributed by atoms with Crippen LogP contribution in [-0.4, -0.2) is 19.0 Å². The van der Waals surface area contributed by atoms with Gasteiger partial charge in [0.05, 0.1) is 0 Å². The molecular weight excluding hydrogens is 192 g/mol. The van der Waals surface area contributed by atoms with Gasteiger partial charge in [-0.25, -0.2) is 0 Å². The van der Waals surface area contributed by atoms with Crippen molar-refractivity contribution in [3.05, 3.63) is 39.9 Å². The summed E-state index contributed by atoms with van der Waals surface area (Å²) in [5.41, 5.74) is 1.77. The van der Waals surface area contributed by atoms with Crippen molar-refractivity contribution in [2.45, 2.75) is 19.4 Å². The summed E-state index contributed by atoms with van der Waals surface area (Å²) in [6, 6.07) is 6.89. The number of rotatable bonds is 4. The second-order valence-electron chi connectivity index (χ2n) is 3.70. The van der Waals surface area contributed by atoms with Crippen molar-refractivity contribution in [2.75, 3.05) is 19.0 Å². The zero-order valence-electron chi connectivity index (χ0n) is 9.30. The van der Waals surface area contributed by atoms with Crippen LogP contribution in [0.3, 0.4) is 0 Å². The van der Waals surface area contributed by atoms with Crippen LogP contribution in [0.15, 0.2) is 24.3 Å². The van der Waals surface area contributed by atoms with Crippen LogP contribution in [0, 0.1) is 10.1 Å². The number of nitro groups is 1. The highest BCUT2D eigenvalue weighted by molar-refractivity contribution is 5.47. The lowest BCUT2D eigenvalue weighted by molar-refractivity contribution is -0.529. The number of nitrogens with zero attached hydrogens (tertiary/aromatic N) is 2. The van der Waals surface area contributed by atoms with E-state index in [1.54, 1.807) is 0 Å². The maximum absolute atomic E-state index is 10.8. The first-order valence-electron chi connectivity index (χ1n) is 4.97. The smallest absolute Gasteiger partial charge is 0.237 e. The largest absolute Gasteiger partial charge is 0.378 e. The maximum Gasteiger partial charge on any atom is 0.237 e. The van der Waals surface area contributed by atoms with Crippen LogP contribution < -0.4 is 4.90 Å². The number of benzene rings is 1. The van der Waals surface area contributed by atoms with Crippen molar-refractivity contribution in [1.29, 1.82) is 0 Å². The minimum Gasteiger partial charge on any atom is -0.378 e. The zero-order valence-corrected chi connectivity index (χ0v) is 9.30. The predicted molar refractivity (Wildman–Crippen MR) is 60.8 cm³/mol. The predicted octanol–water partition coefficient (Wildman–Crippen LogP) is 2.48. The van der Waals surface area contributed by atoms with E-state index in [1.165, 1.54) is 0 Å². The molecule has 0 aliphatic carbocycles. The molecular formula is C11H16N2O2. The summed E-state index contributed by atoms with van der Waals surface area (Å²) < 4.78 is 0. The lowest BCUT2D eigenvalue weighted by Crippen LogP contribution is -2.12. The maximum atomic E-state index is 10.8. The highest BCUT2D eigenvalue weighted by Crippen LogP contribution is 2.23. The van der Waals surface area contributed by atoms with Crippen molar-refractivity contribution in [3.63, 3.8) is 0 Å². The van der Waals surface area contributed by atoms with Gasteiger partial charge in [0, 0.05) is 36.7 Å². The Kier molecular flexibility index (Phi) is 3.66. The fourth-order valence-corrected chi connectivity index (χ4v) is 1.52. The minimum atomic E-state index is -0.593. The molecule has 1 unspecified atom stereocenters. The molecule has 0 heterocycles. The van der Waals surface area contributed by atoms with Gasteiger partial charge < -0.3 is 4.90 Å². The average molecular weight is 208 g/mol. The SMILES string of the molecule is CCC(c1cccc(N(C)C)c1)[N+](=O)[O-]. The third kappa shape index (κ3) is 2.68. The van der Waals surface area contributed by atoms with Crippen molar-refractivity contribution < 1.29 is 4.92 Å². The lowest BCUT2D eigenvalue weighted by Gasteiger charge is -2.14. The minimum absolute atomic E-state index is 0.227. The van der Waals surface area contributed by atoms with Gasteiger partial charge in [-0.15, -0.1) is 0 Å². The summed E-state index contributed by atoms with van der Waals surface area (Å²) in [4.78, 5) is 12.5. The van der Waals surface area contributed by atoms with E-state index in [2.05, 4.69) is 0 Å². The van der Waals surface area contributed by atoms with E-state index >= 15 is 0 Å². The Morgan fingerprint density at radius 2 is 2.13 bits per heavy atom. The number of hydrogen-bond acceptors (Lipinski definition) is 3. The van der Waals surface area contributed by atoms with Crippen molar-refractivity contribution in [3.8, 4) is 0 Å². The molecule has 4 heteroatoms. The van der Waals surface area contributed by atoms with E-state index in [9.17, 15) is 10.1 Å². The van der Waals surface area contributed by atoms with Gasteiger partial charge in [-0.3, -0.25) is 10.1 Å². The number of anilines is 1. The molecule has 0 aromatic heterocycles. The summed E-state index contributed by atoms with van der Waals surface area (Å²) in [5.74, 6) is 0. The molecule has 0 radical (unpaired) electrons. The Balaban J connectivity index is 3.03. The first-order chi connectivity index (χ1) is 7.06. The second-order valence-corrected chi connectivity index (χ2v) is 3.70. The molecule has 15 heavy (non-hydrogen) atoms. The third-order valence-electron chi connectivity index (χ3n) is 2.41. The molecule has 0 bridgehead atoms. The molecule has 4 nitrogen and oxygen atoms in total. The molecule has 0 amide bonds. The van der Waals surface area contributed by atoms with Crippen LogP contribution in [0.1, 0.15) is 24.9 Å². The summed E-state index contributed by atoms with van der Waals surface area (Å²) >= 11 is 0. The Morgan fingerprint density at radius 3 is 2.60 bits per heavy atom. The van der Waals surface area contributed by atoms with E-state index in [4.69, 9.17) is 0 Å². The van der Waals surface area contributed by atoms with Gasteiger partial charge in [0.2, 0.25) is 6.04 Å². The highest BCUT2D eigenvalue weighted by Gasteiger charge is 2.20. The monoisotopic (exact) mass is 208 g/mol. The van der Waals surface area contributed by atoms with E-state index in [1.807, 2.05) is 50.2 Å². The second kappa shape index (κ2) is 4.77. The molecule has 1 aromatic carbocycles. The molecule has 1 rings (SSSR count). The van der Waals surface area contributed by atoms with Crippen LogP contribution in [0.4, 0.5) is 5.69 Å². The fourth-order valence-electron chi connectivity index (χ4n) is 1.52. The van der Waals surface area contributed by atoms with Crippen molar-refractivity contribution in [1.82, 2.24) is 0 Å². The van der Waals surface area contributed by atoms with Crippen LogP contribution in [0.2, 0.25) is 0 Å². The van der Waals surface area contributed by atoms with Gasteiger partial charge in [0.25, 0.3) is 0 Å². The van der Waals surface area contributed by atoms with Crippen molar-refractivity contribution in [2.24, 2.45) is 0 Å². The number of hydrogen-bond donors (Lipinski definition) is 0. The molecule has 0 aliphatic rings. The van der Waals surface area contributed by atoms with Crippen LogP contribution in [0.5, 0.6) is 0 Å². The molecule has 0 fully saturated rings. The van der Waals surface area contributed by atoms with E-state index in [0.29, 0.717) is 6.42 Å². The Labute approximate surface area is 89.7 Å². The Hall–Kier alpha value is -1.58. The molecule has 0 N–H and O–H groups in total. The Morgan fingerprint density at radius 1 is 1.47 bits per heavy atom. The molecule has 82 valence electrons.